The second-order valence-corrected chi connectivity index (χ2v) is 7.25. The molecule has 0 spiro atoms. The Balaban J connectivity index is 2.08. The van der Waals surface area contributed by atoms with Gasteiger partial charge in [-0.25, -0.2) is 0 Å². The molecule has 0 atom stereocenters. The van der Waals surface area contributed by atoms with E-state index in [9.17, 15) is 0 Å². The van der Waals surface area contributed by atoms with Crippen LogP contribution in [0.4, 0.5) is 0 Å². The molecule has 2 rings (SSSR count). The molecule has 2 aromatic rings. The van der Waals surface area contributed by atoms with Crippen molar-refractivity contribution in [2.24, 2.45) is 5.73 Å². The van der Waals surface area contributed by atoms with E-state index in [1.807, 2.05) is 18.2 Å². The highest BCUT2D eigenvalue weighted by molar-refractivity contribution is 9.11. The molecule has 96 valence electrons. The number of benzene rings is 1. The lowest BCUT2D eigenvalue weighted by Crippen LogP contribution is -2.05. The molecule has 0 aliphatic heterocycles. The number of thiophene rings is 1. The van der Waals surface area contributed by atoms with Crippen LogP contribution >= 0.6 is 43.2 Å². The molecule has 0 bridgehead atoms. The van der Waals surface area contributed by atoms with Crippen LogP contribution in [0.5, 0.6) is 5.75 Å². The number of ether oxygens (including phenoxy) is 1. The third kappa shape index (κ3) is 3.82. The van der Waals surface area contributed by atoms with E-state index in [2.05, 4.69) is 44.0 Å². The molecule has 2 N–H and O–H groups in total. The predicted octanol–water partition coefficient (Wildman–Crippen LogP) is 4.35. The van der Waals surface area contributed by atoms with E-state index in [0.717, 1.165) is 26.0 Å². The number of hydrogen-bond donors (Lipinski definition) is 1. The van der Waals surface area contributed by atoms with E-state index < -0.39 is 0 Å². The molecule has 5 heteroatoms. The fraction of sp³-hybridized carbons (Fsp3) is 0.231. The van der Waals surface area contributed by atoms with Gasteiger partial charge in [0.15, 0.2) is 0 Å². The monoisotopic (exact) mass is 389 g/mol. The van der Waals surface area contributed by atoms with E-state index in [4.69, 9.17) is 10.5 Å². The van der Waals surface area contributed by atoms with Crippen LogP contribution < -0.4 is 10.5 Å². The topological polar surface area (TPSA) is 35.2 Å². The molecule has 0 fully saturated rings. The summed E-state index contributed by atoms with van der Waals surface area (Å²) in [4.78, 5) is 1.20. The predicted molar refractivity (Wildman–Crippen MR) is 83.3 cm³/mol. The second-order valence-electron chi connectivity index (χ2n) is 3.79. The van der Waals surface area contributed by atoms with Crippen LogP contribution in [0.15, 0.2) is 38.6 Å². The highest BCUT2D eigenvalue weighted by atomic mass is 79.9. The number of hydrogen-bond acceptors (Lipinski definition) is 3. The van der Waals surface area contributed by atoms with Crippen molar-refractivity contribution in [1.82, 2.24) is 0 Å². The first-order chi connectivity index (χ1) is 8.69. The number of nitrogens with two attached hydrogens (primary N) is 1. The van der Waals surface area contributed by atoms with Gasteiger partial charge < -0.3 is 10.5 Å². The van der Waals surface area contributed by atoms with Gasteiger partial charge in [-0.15, -0.1) is 11.3 Å². The first-order valence-electron chi connectivity index (χ1n) is 5.54. The molecule has 0 aliphatic rings. The zero-order valence-electron chi connectivity index (χ0n) is 9.66. The number of halogens is 2. The van der Waals surface area contributed by atoms with Crippen LogP contribution in [0.3, 0.4) is 0 Å². The van der Waals surface area contributed by atoms with Gasteiger partial charge in [-0.3, -0.25) is 0 Å². The standard InChI is InChI=1S/C13H13Br2NOS/c14-10-1-3-12(9(7-10)5-6-16)17-8-11-2-4-13(15)18-11/h1-4,7H,5-6,8,16H2. The van der Waals surface area contributed by atoms with E-state index >= 15 is 0 Å². The van der Waals surface area contributed by atoms with Gasteiger partial charge >= 0.3 is 0 Å². The second kappa shape index (κ2) is 6.70. The van der Waals surface area contributed by atoms with Crippen molar-refractivity contribution >= 4 is 43.2 Å². The third-order valence-corrected chi connectivity index (χ3v) is 4.53. The molecule has 0 radical (unpaired) electrons. The summed E-state index contributed by atoms with van der Waals surface area (Å²) >= 11 is 8.60. The van der Waals surface area contributed by atoms with Crippen LogP contribution in [0, 0.1) is 0 Å². The third-order valence-electron chi connectivity index (χ3n) is 2.43. The molecule has 1 heterocycles. The Kier molecular flexibility index (Phi) is 5.24. The van der Waals surface area contributed by atoms with Gasteiger partial charge in [0, 0.05) is 9.35 Å². The van der Waals surface area contributed by atoms with E-state index in [1.165, 1.54) is 4.88 Å². The lowest BCUT2D eigenvalue weighted by molar-refractivity contribution is 0.306. The summed E-state index contributed by atoms with van der Waals surface area (Å²) in [7, 11) is 0. The summed E-state index contributed by atoms with van der Waals surface area (Å²) in [5.74, 6) is 0.910. The van der Waals surface area contributed by atoms with Crippen molar-refractivity contribution in [3.05, 3.63) is 49.0 Å². The Hall–Kier alpha value is -0.360. The summed E-state index contributed by atoms with van der Waals surface area (Å²) in [5, 5.41) is 0. The Morgan fingerprint density at radius 2 is 2.00 bits per heavy atom. The summed E-state index contributed by atoms with van der Waals surface area (Å²) in [6, 6.07) is 10.1. The Morgan fingerprint density at radius 3 is 2.67 bits per heavy atom. The zero-order valence-corrected chi connectivity index (χ0v) is 13.6. The first kappa shape index (κ1) is 14.1. The van der Waals surface area contributed by atoms with Gasteiger partial charge in [-0.2, -0.15) is 0 Å². The summed E-state index contributed by atoms with van der Waals surface area (Å²) in [5.41, 5.74) is 6.76. The number of rotatable bonds is 5. The van der Waals surface area contributed by atoms with Crippen molar-refractivity contribution in [3.63, 3.8) is 0 Å². The van der Waals surface area contributed by atoms with Crippen LogP contribution in [-0.2, 0) is 13.0 Å². The van der Waals surface area contributed by atoms with Crippen LogP contribution in [-0.4, -0.2) is 6.54 Å². The highest BCUT2D eigenvalue weighted by Gasteiger charge is 2.05. The van der Waals surface area contributed by atoms with Crippen molar-refractivity contribution in [3.8, 4) is 5.75 Å². The van der Waals surface area contributed by atoms with Crippen LogP contribution in [0.2, 0.25) is 0 Å². The van der Waals surface area contributed by atoms with Gasteiger partial charge in [-0.1, -0.05) is 15.9 Å². The minimum atomic E-state index is 0.593. The minimum Gasteiger partial charge on any atom is -0.488 e. The molecule has 1 aromatic heterocycles. The molecule has 2 nitrogen and oxygen atoms in total. The van der Waals surface area contributed by atoms with Gasteiger partial charge in [0.2, 0.25) is 0 Å². The van der Waals surface area contributed by atoms with Crippen molar-refractivity contribution < 1.29 is 4.74 Å². The normalized spacial score (nSPS) is 10.6. The molecular weight excluding hydrogens is 378 g/mol. The molecular formula is C13H13Br2NOS. The Labute approximate surface area is 127 Å². The fourth-order valence-electron chi connectivity index (χ4n) is 1.62. The maximum absolute atomic E-state index is 5.86. The zero-order chi connectivity index (χ0) is 13.0. The van der Waals surface area contributed by atoms with Crippen molar-refractivity contribution in [2.75, 3.05) is 6.54 Å². The van der Waals surface area contributed by atoms with E-state index in [0.29, 0.717) is 13.2 Å². The lowest BCUT2D eigenvalue weighted by atomic mass is 10.1. The lowest BCUT2D eigenvalue weighted by Gasteiger charge is -2.10. The smallest absolute Gasteiger partial charge is 0.123 e. The Morgan fingerprint density at radius 1 is 1.17 bits per heavy atom. The maximum atomic E-state index is 5.86. The van der Waals surface area contributed by atoms with Crippen molar-refractivity contribution in [2.45, 2.75) is 13.0 Å². The molecule has 0 saturated carbocycles. The molecule has 1 aromatic carbocycles. The van der Waals surface area contributed by atoms with Gasteiger partial charge in [-0.05, 0) is 64.8 Å². The largest absolute Gasteiger partial charge is 0.488 e. The van der Waals surface area contributed by atoms with Gasteiger partial charge in [0.05, 0.1) is 3.79 Å². The SMILES string of the molecule is NCCc1cc(Br)ccc1OCc1ccc(Br)s1. The van der Waals surface area contributed by atoms with Gasteiger partial charge in [0.25, 0.3) is 0 Å². The van der Waals surface area contributed by atoms with Gasteiger partial charge in [0.1, 0.15) is 12.4 Å². The summed E-state index contributed by atoms with van der Waals surface area (Å²) in [6.07, 6.45) is 0.822. The maximum Gasteiger partial charge on any atom is 0.123 e. The van der Waals surface area contributed by atoms with E-state index in [-0.39, 0.29) is 0 Å². The highest BCUT2D eigenvalue weighted by Crippen LogP contribution is 2.27. The average molecular weight is 391 g/mol. The van der Waals surface area contributed by atoms with Crippen LogP contribution in [0.25, 0.3) is 0 Å². The quantitative estimate of drug-likeness (QED) is 0.823. The molecule has 0 aliphatic carbocycles. The molecule has 18 heavy (non-hydrogen) atoms. The average Bonchev–Trinajstić information content (AvgIpc) is 2.75. The minimum absolute atomic E-state index is 0.593. The fourth-order valence-corrected chi connectivity index (χ4v) is 3.42. The summed E-state index contributed by atoms with van der Waals surface area (Å²) < 4.78 is 8.03. The van der Waals surface area contributed by atoms with Crippen molar-refractivity contribution in [1.29, 1.82) is 0 Å². The summed E-state index contributed by atoms with van der Waals surface area (Å²) in [6.45, 7) is 1.22. The first-order valence-corrected chi connectivity index (χ1v) is 7.95. The van der Waals surface area contributed by atoms with Crippen LogP contribution in [0.1, 0.15) is 10.4 Å². The van der Waals surface area contributed by atoms with E-state index in [1.54, 1.807) is 11.3 Å². The molecule has 0 amide bonds. The molecule has 0 unspecified atom stereocenters. The Bertz CT molecular complexity index is 527. The molecule has 0 saturated heterocycles.